The first-order valence-electron chi connectivity index (χ1n) is 14.2. The van der Waals surface area contributed by atoms with Crippen molar-refractivity contribution in [3.8, 4) is 0 Å². The molecule has 9 nitrogen and oxygen atoms in total. The zero-order valence-corrected chi connectivity index (χ0v) is 21.3. The van der Waals surface area contributed by atoms with E-state index in [-0.39, 0.29) is 24.3 Å². The van der Waals surface area contributed by atoms with Gasteiger partial charge in [0.05, 0.1) is 23.4 Å². The maximum atomic E-state index is 12.5. The second-order valence-corrected chi connectivity index (χ2v) is 13.9. The van der Waals surface area contributed by atoms with Crippen molar-refractivity contribution in [2.45, 2.75) is 112 Å². The number of fused-ring (bicyclic) bond motifs is 5. The highest BCUT2D eigenvalue weighted by molar-refractivity contribution is 5.27. The van der Waals surface area contributed by atoms with E-state index in [1.165, 1.54) is 0 Å². The van der Waals surface area contributed by atoms with Crippen LogP contribution in [0.4, 0.5) is 0 Å². The van der Waals surface area contributed by atoms with Gasteiger partial charge < -0.3 is 40.5 Å². The summed E-state index contributed by atoms with van der Waals surface area (Å²) >= 11 is 0. The molecule has 3 aliphatic heterocycles. The third-order valence-electron chi connectivity index (χ3n) is 12.4. The van der Waals surface area contributed by atoms with Crippen molar-refractivity contribution in [2.24, 2.45) is 41.4 Å². The van der Waals surface area contributed by atoms with Gasteiger partial charge in [-0.1, -0.05) is 6.92 Å². The lowest BCUT2D eigenvalue weighted by molar-refractivity contribution is -0.348. The first-order valence-corrected chi connectivity index (χ1v) is 14.2. The molecule has 0 amide bonds. The number of ether oxygens (including phenoxy) is 1. The Morgan fingerprint density at radius 2 is 1.61 bits per heavy atom. The van der Waals surface area contributed by atoms with Crippen LogP contribution < -0.4 is 0 Å². The van der Waals surface area contributed by atoms with E-state index in [1.807, 2.05) is 0 Å². The summed E-state index contributed by atoms with van der Waals surface area (Å²) < 4.78 is 6.38. The van der Waals surface area contributed by atoms with Crippen molar-refractivity contribution in [2.75, 3.05) is 13.1 Å². The third-order valence-corrected chi connectivity index (χ3v) is 12.4. The van der Waals surface area contributed by atoms with Crippen LogP contribution >= 0.6 is 0 Å². The predicted octanol–water partition coefficient (Wildman–Crippen LogP) is -0.814. The first kappa shape index (κ1) is 24.7. The van der Waals surface area contributed by atoms with Crippen molar-refractivity contribution >= 4 is 0 Å². The lowest BCUT2D eigenvalue weighted by atomic mass is 9.42. The van der Waals surface area contributed by atoms with Crippen LogP contribution in [0.25, 0.3) is 0 Å². The maximum absolute atomic E-state index is 12.5. The summed E-state index contributed by atoms with van der Waals surface area (Å²) in [5.41, 5.74) is -4.14. The number of hydrogen-bond donors (Lipinski definition) is 7. The van der Waals surface area contributed by atoms with Crippen molar-refractivity contribution in [1.29, 1.82) is 0 Å². The van der Waals surface area contributed by atoms with Crippen LogP contribution in [0.5, 0.6) is 0 Å². The quantitative estimate of drug-likeness (QED) is 0.222. The normalized spacial score (nSPS) is 66.2. The van der Waals surface area contributed by atoms with Gasteiger partial charge in [-0.2, -0.15) is 0 Å². The molecule has 7 aliphatic rings. The van der Waals surface area contributed by atoms with Gasteiger partial charge in [0.1, 0.15) is 17.8 Å². The average Bonchev–Trinajstić information content (AvgIpc) is 2.88. The smallest absolute Gasteiger partial charge is 0.195 e. The predicted molar refractivity (Wildman–Crippen MR) is 126 cm³/mol. The summed E-state index contributed by atoms with van der Waals surface area (Å²) in [5.74, 6) is -4.06. The third kappa shape index (κ3) is 2.68. The molecule has 16 unspecified atom stereocenters. The second kappa shape index (κ2) is 7.43. The zero-order valence-electron chi connectivity index (χ0n) is 21.3. The molecule has 9 heteroatoms. The summed E-state index contributed by atoms with van der Waals surface area (Å²) in [5, 5.41) is 81.2. The summed E-state index contributed by atoms with van der Waals surface area (Å²) in [6.45, 7) is 5.46. The van der Waals surface area contributed by atoms with Gasteiger partial charge in [0.15, 0.2) is 5.79 Å². The average molecular weight is 510 g/mol. The fourth-order valence-electron chi connectivity index (χ4n) is 11.2. The van der Waals surface area contributed by atoms with Gasteiger partial charge in [0, 0.05) is 36.9 Å². The zero-order chi connectivity index (χ0) is 25.6. The minimum atomic E-state index is -1.84. The fourth-order valence-corrected chi connectivity index (χ4v) is 11.2. The van der Waals surface area contributed by atoms with Gasteiger partial charge in [-0.3, -0.25) is 4.90 Å². The molecular weight excluding hydrogens is 466 g/mol. The fraction of sp³-hybridized carbons (Fsp3) is 1.00. The standard InChI is InChI=1S/C27H43NO8/c1-12-3-5-18-24(2,33)20-13(11-28(18)10-12)14-7-8-25-15-4-6-19(30)27(35,36-25)16(15)9-17(29)22(25)26(14,34)23(32)21(20)31/h12-23,29-35H,3-11H2,1-2H3. The molecule has 36 heavy (non-hydrogen) atoms. The van der Waals surface area contributed by atoms with Crippen molar-refractivity contribution in [3.63, 3.8) is 0 Å². The van der Waals surface area contributed by atoms with E-state index >= 15 is 0 Å². The Morgan fingerprint density at radius 3 is 2.36 bits per heavy atom. The highest BCUT2D eigenvalue weighted by Gasteiger charge is 2.80. The van der Waals surface area contributed by atoms with E-state index in [2.05, 4.69) is 11.8 Å². The van der Waals surface area contributed by atoms with E-state index in [9.17, 15) is 35.7 Å². The molecule has 3 heterocycles. The van der Waals surface area contributed by atoms with Gasteiger partial charge in [-0.05, 0) is 75.5 Å². The molecule has 7 fully saturated rings. The minimum absolute atomic E-state index is 0.105. The number of hydrogen-bond acceptors (Lipinski definition) is 9. The lowest BCUT2D eigenvalue weighted by Gasteiger charge is -2.69. The summed E-state index contributed by atoms with van der Waals surface area (Å²) in [6, 6.07) is -0.105. The van der Waals surface area contributed by atoms with E-state index < -0.39 is 70.7 Å². The molecule has 0 aromatic heterocycles. The molecule has 204 valence electrons. The number of rotatable bonds is 0. The Bertz CT molecular complexity index is 933. The van der Waals surface area contributed by atoms with E-state index in [0.717, 1.165) is 19.4 Å². The number of aliphatic hydroxyl groups is 7. The van der Waals surface area contributed by atoms with Crippen LogP contribution in [0.2, 0.25) is 0 Å². The molecule has 4 saturated carbocycles. The van der Waals surface area contributed by atoms with Crippen LogP contribution in [-0.4, -0.2) is 107 Å². The Balaban J connectivity index is 1.32. The molecule has 0 radical (unpaired) electrons. The maximum Gasteiger partial charge on any atom is 0.195 e. The molecule has 16 atom stereocenters. The second-order valence-electron chi connectivity index (χ2n) is 13.9. The van der Waals surface area contributed by atoms with Gasteiger partial charge >= 0.3 is 0 Å². The largest absolute Gasteiger partial charge is 0.393 e. The van der Waals surface area contributed by atoms with Gasteiger partial charge in [-0.25, -0.2) is 0 Å². The molecule has 4 bridgehead atoms. The van der Waals surface area contributed by atoms with Crippen LogP contribution in [0.15, 0.2) is 0 Å². The lowest BCUT2D eigenvalue weighted by Crippen LogP contribution is -2.81. The Labute approximate surface area is 212 Å². The van der Waals surface area contributed by atoms with Crippen molar-refractivity contribution in [1.82, 2.24) is 4.90 Å². The molecule has 0 aromatic rings. The highest BCUT2D eigenvalue weighted by Crippen LogP contribution is 2.70. The van der Waals surface area contributed by atoms with E-state index in [4.69, 9.17) is 4.74 Å². The molecule has 0 aromatic carbocycles. The molecule has 7 N–H and O–H groups in total. The molecular formula is C27H43NO8. The number of aliphatic hydroxyl groups excluding tert-OH is 4. The molecule has 1 spiro atoms. The number of piperidine rings is 2. The van der Waals surface area contributed by atoms with Crippen molar-refractivity contribution in [3.05, 3.63) is 0 Å². The molecule has 7 rings (SSSR count). The first-order chi connectivity index (χ1) is 16.9. The van der Waals surface area contributed by atoms with Gasteiger partial charge in [-0.15, -0.1) is 0 Å². The highest BCUT2D eigenvalue weighted by atomic mass is 16.7. The van der Waals surface area contributed by atoms with Gasteiger partial charge in [0.25, 0.3) is 0 Å². The van der Waals surface area contributed by atoms with Crippen LogP contribution in [0, 0.1) is 41.4 Å². The Morgan fingerprint density at radius 1 is 0.861 bits per heavy atom. The summed E-state index contributed by atoms with van der Waals surface area (Å²) in [6.07, 6.45) is -1.05. The van der Waals surface area contributed by atoms with Crippen molar-refractivity contribution < 1.29 is 40.5 Å². The molecule has 4 aliphatic carbocycles. The molecule has 3 saturated heterocycles. The van der Waals surface area contributed by atoms with E-state index in [1.54, 1.807) is 6.92 Å². The SMILES string of the molecule is CC1CCC2N(C1)CC1C(C(O)C(O)C3(O)C1CCC14OC5(O)C(O)CCC1C5CC(O)C43)C2(C)O. The topological polar surface area (TPSA) is 154 Å². The monoisotopic (exact) mass is 509 g/mol. The van der Waals surface area contributed by atoms with Crippen LogP contribution in [-0.2, 0) is 4.74 Å². The van der Waals surface area contributed by atoms with E-state index in [0.29, 0.717) is 38.1 Å². The van der Waals surface area contributed by atoms with Crippen LogP contribution in [0.1, 0.15) is 58.8 Å². The summed E-state index contributed by atoms with van der Waals surface area (Å²) in [7, 11) is 0. The minimum Gasteiger partial charge on any atom is -0.393 e. The number of nitrogens with zero attached hydrogens (tertiary/aromatic N) is 1. The van der Waals surface area contributed by atoms with Gasteiger partial charge in [0.2, 0.25) is 0 Å². The Hall–Kier alpha value is -0.360. The van der Waals surface area contributed by atoms with Crippen LogP contribution in [0.3, 0.4) is 0 Å². The summed E-state index contributed by atoms with van der Waals surface area (Å²) in [4.78, 5) is 2.32. The Kier molecular flexibility index (Phi) is 5.09.